The van der Waals surface area contributed by atoms with Gasteiger partial charge in [-0.25, -0.2) is 9.97 Å². The first-order valence-corrected chi connectivity index (χ1v) is 11.2. The Hall–Kier alpha value is -3.97. The van der Waals surface area contributed by atoms with Gasteiger partial charge in [0, 0.05) is 23.6 Å². The Bertz CT molecular complexity index is 1460. The molecule has 2 aromatic heterocycles. The molecule has 1 aliphatic rings. The number of imidazole rings is 1. The number of carbonyl (C=O) groups is 1. The van der Waals surface area contributed by atoms with E-state index in [0.29, 0.717) is 5.13 Å². The predicted octanol–water partition coefficient (Wildman–Crippen LogP) is 5.82. The lowest BCUT2D eigenvalue weighted by Gasteiger charge is -2.29. The van der Waals surface area contributed by atoms with Crippen LogP contribution in [-0.2, 0) is 4.79 Å². The van der Waals surface area contributed by atoms with Crippen molar-refractivity contribution in [2.45, 2.75) is 13.1 Å². The van der Waals surface area contributed by atoms with E-state index in [-0.39, 0.29) is 12.1 Å². The van der Waals surface area contributed by atoms with Gasteiger partial charge in [-0.3, -0.25) is 14.3 Å². The topological polar surface area (TPSA) is 63.1 Å². The highest BCUT2D eigenvalue weighted by atomic mass is 32.1. The molecule has 1 unspecified atom stereocenters. The van der Waals surface area contributed by atoms with Crippen molar-refractivity contribution in [2.75, 3.05) is 10.2 Å². The third kappa shape index (κ3) is 2.90. The molecule has 0 saturated carbocycles. The number of hydrogen-bond acceptors (Lipinski definition) is 5. The fourth-order valence-electron chi connectivity index (χ4n) is 4.23. The number of nitrogens with zero attached hydrogens (tertiary/aromatic N) is 4. The van der Waals surface area contributed by atoms with Gasteiger partial charge in [-0.2, -0.15) is 0 Å². The second kappa shape index (κ2) is 7.32. The maximum absolute atomic E-state index is 12.5. The van der Waals surface area contributed by atoms with Gasteiger partial charge in [0.1, 0.15) is 12.0 Å². The summed E-state index contributed by atoms with van der Waals surface area (Å²) in [6.07, 6.45) is -0.234. The molecule has 32 heavy (non-hydrogen) atoms. The molecule has 1 aliphatic heterocycles. The van der Waals surface area contributed by atoms with Gasteiger partial charge < -0.3 is 5.32 Å². The Kier molecular flexibility index (Phi) is 4.29. The van der Waals surface area contributed by atoms with E-state index in [9.17, 15) is 4.79 Å². The summed E-state index contributed by atoms with van der Waals surface area (Å²) < 4.78 is 2.19. The summed E-state index contributed by atoms with van der Waals surface area (Å²) in [5, 5.41) is 6.29. The summed E-state index contributed by atoms with van der Waals surface area (Å²) in [4.78, 5) is 24.0. The first kappa shape index (κ1) is 18.8. The van der Waals surface area contributed by atoms with Crippen molar-refractivity contribution in [2.24, 2.45) is 0 Å². The van der Waals surface area contributed by atoms with Gasteiger partial charge in [0.05, 0.1) is 22.4 Å². The second-order valence-electron chi connectivity index (χ2n) is 7.63. The molecule has 0 fully saturated rings. The van der Waals surface area contributed by atoms with E-state index < -0.39 is 0 Å². The monoisotopic (exact) mass is 437 g/mol. The van der Waals surface area contributed by atoms with Crippen LogP contribution in [-0.4, -0.2) is 20.4 Å². The van der Waals surface area contributed by atoms with Gasteiger partial charge in [-0.1, -0.05) is 42.5 Å². The van der Waals surface area contributed by atoms with Crippen LogP contribution >= 0.6 is 11.3 Å². The molecule has 5 aromatic rings. The number of amides is 1. The van der Waals surface area contributed by atoms with E-state index in [1.807, 2.05) is 66.0 Å². The molecule has 1 N–H and O–H groups in total. The molecule has 0 saturated heterocycles. The summed E-state index contributed by atoms with van der Waals surface area (Å²) in [5.74, 6) is 0.833. The van der Waals surface area contributed by atoms with E-state index in [1.165, 1.54) is 11.3 Å². The minimum Gasteiger partial charge on any atom is -0.359 e. The largest absolute Gasteiger partial charge is 0.359 e. The lowest BCUT2D eigenvalue weighted by Crippen LogP contribution is -2.26. The van der Waals surface area contributed by atoms with E-state index in [2.05, 4.69) is 28.1 Å². The van der Waals surface area contributed by atoms with Crippen molar-refractivity contribution >= 4 is 44.8 Å². The first-order chi connectivity index (χ1) is 15.7. The third-order valence-corrected chi connectivity index (χ3v) is 6.47. The average Bonchev–Trinajstić information content (AvgIpc) is 3.45. The standard InChI is InChI=1S/C25H19N5OS/c1-16(31)29(17-9-3-2-4-10-17)25-28-21(15-32-25)24-26-19-12-6-5-11-18(19)23-27-20-13-7-8-14-22(20)30(23)24/h2-15,24,26H,1H3. The zero-order valence-electron chi connectivity index (χ0n) is 17.3. The highest BCUT2D eigenvalue weighted by Crippen LogP contribution is 2.41. The van der Waals surface area contributed by atoms with Gasteiger partial charge in [0.15, 0.2) is 5.13 Å². The number of fused-ring (bicyclic) bond motifs is 5. The van der Waals surface area contributed by atoms with Crippen LogP contribution in [0.2, 0.25) is 0 Å². The van der Waals surface area contributed by atoms with Gasteiger partial charge >= 0.3 is 0 Å². The molecule has 3 heterocycles. The molecule has 0 bridgehead atoms. The summed E-state index contributed by atoms with van der Waals surface area (Å²) >= 11 is 1.46. The Morgan fingerprint density at radius 2 is 1.72 bits per heavy atom. The molecule has 6 rings (SSSR count). The molecule has 7 heteroatoms. The smallest absolute Gasteiger partial charge is 0.230 e. The molecule has 1 amide bonds. The van der Waals surface area contributed by atoms with E-state index in [1.54, 1.807) is 11.8 Å². The van der Waals surface area contributed by atoms with E-state index in [0.717, 1.165) is 39.5 Å². The molecule has 0 spiro atoms. The molecule has 6 nitrogen and oxygen atoms in total. The molecule has 0 aliphatic carbocycles. The molecular formula is C25H19N5OS. The van der Waals surface area contributed by atoms with Crippen LogP contribution in [0.1, 0.15) is 18.8 Å². The molecule has 156 valence electrons. The van der Waals surface area contributed by atoms with Crippen molar-refractivity contribution < 1.29 is 4.79 Å². The van der Waals surface area contributed by atoms with Crippen molar-refractivity contribution in [3.05, 3.63) is 89.9 Å². The highest BCUT2D eigenvalue weighted by molar-refractivity contribution is 7.14. The summed E-state index contributed by atoms with van der Waals surface area (Å²) in [5.41, 5.74) is 5.70. The van der Waals surface area contributed by atoms with Gasteiger partial charge in [0.2, 0.25) is 5.91 Å². The normalized spacial score (nSPS) is 14.5. The van der Waals surface area contributed by atoms with Crippen LogP contribution < -0.4 is 10.2 Å². The van der Waals surface area contributed by atoms with Crippen LogP contribution in [0.15, 0.2) is 84.2 Å². The maximum Gasteiger partial charge on any atom is 0.230 e. The molecular weight excluding hydrogens is 418 g/mol. The lowest BCUT2D eigenvalue weighted by molar-refractivity contribution is -0.115. The second-order valence-corrected chi connectivity index (χ2v) is 8.47. The fraction of sp³-hybridized carbons (Fsp3) is 0.0800. The predicted molar refractivity (Wildman–Crippen MR) is 128 cm³/mol. The van der Waals surface area contributed by atoms with Gasteiger partial charge in [-0.05, 0) is 36.4 Å². The Balaban J connectivity index is 1.49. The SMILES string of the molecule is CC(=O)N(c1ccccc1)c1nc(C2Nc3ccccc3-c3nc4ccccc4n32)cs1. The van der Waals surface area contributed by atoms with Crippen LogP contribution in [0.4, 0.5) is 16.5 Å². The number of thiazole rings is 1. The first-order valence-electron chi connectivity index (χ1n) is 10.3. The van der Waals surface area contributed by atoms with Crippen LogP contribution in [0.3, 0.4) is 0 Å². The number of aromatic nitrogens is 3. The number of benzene rings is 3. The summed E-state index contributed by atoms with van der Waals surface area (Å²) in [6, 6.07) is 25.9. The fourth-order valence-corrected chi connectivity index (χ4v) is 5.13. The van der Waals surface area contributed by atoms with Gasteiger partial charge in [-0.15, -0.1) is 11.3 Å². The van der Waals surface area contributed by atoms with Crippen molar-refractivity contribution in [3.63, 3.8) is 0 Å². The number of hydrogen-bond donors (Lipinski definition) is 1. The number of rotatable bonds is 3. The Morgan fingerprint density at radius 1 is 0.969 bits per heavy atom. The number of para-hydroxylation sites is 4. The maximum atomic E-state index is 12.5. The van der Waals surface area contributed by atoms with Gasteiger partial charge in [0.25, 0.3) is 0 Å². The van der Waals surface area contributed by atoms with E-state index >= 15 is 0 Å². The van der Waals surface area contributed by atoms with Crippen molar-refractivity contribution in [1.82, 2.24) is 14.5 Å². The zero-order chi connectivity index (χ0) is 21.7. The molecule has 0 radical (unpaired) electrons. The zero-order valence-corrected chi connectivity index (χ0v) is 18.1. The van der Waals surface area contributed by atoms with Crippen LogP contribution in [0.5, 0.6) is 0 Å². The molecule has 3 aromatic carbocycles. The van der Waals surface area contributed by atoms with Crippen LogP contribution in [0, 0.1) is 0 Å². The Morgan fingerprint density at radius 3 is 2.56 bits per heavy atom. The molecule has 1 atom stereocenters. The number of nitrogens with one attached hydrogen (secondary N) is 1. The highest BCUT2D eigenvalue weighted by Gasteiger charge is 2.30. The van der Waals surface area contributed by atoms with Crippen molar-refractivity contribution in [1.29, 1.82) is 0 Å². The lowest BCUT2D eigenvalue weighted by atomic mass is 10.1. The van der Waals surface area contributed by atoms with E-state index in [4.69, 9.17) is 9.97 Å². The Labute approximate surface area is 188 Å². The minimum absolute atomic E-state index is 0.0761. The summed E-state index contributed by atoms with van der Waals surface area (Å²) in [7, 11) is 0. The number of carbonyl (C=O) groups excluding carboxylic acids is 1. The van der Waals surface area contributed by atoms with Crippen molar-refractivity contribution in [3.8, 4) is 11.4 Å². The third-order valence-electron chi connectivity index (χ3n) is 5.62. The average molecular weight is 438 g/mol. The summed E-state index contributed by atoms with van der Waals surface area (Å²) in [6.45, 7) is 1.56. The minimum atomic E-state index is -0.234. The number of anilines is 3. The van der Waals surface area contributed by atoms with Crippen LogP contribution in [0.25, 0.3) is 22.4 Å². The quantitative estimate of drug-likeness (QED) is 0.386.